The maximum Gasteiger partial charge on any atom is 0.347 e. The van der Waals surface area contributed by atoms with E-state index in [2.05, 4.69) is 4.98 Å². The molecule has 0 amide bonds. The number of rotatable bonds is 3. The van der Waals surface area contributed by atoms with Gasteiger partial charge in [0.05, 0.1) is 5.69 Å². The second-order valence-electron chi connectivity index (χ2n) is 4.32. The summed E-state index contributed by atoms with van der Waals surface area (Å²) in [7, 11) is 0. The number of carbonyl (C=O) groups is 1. The normalized spacial score (nSPS) is 14.7. The van der Waals surface area contributed by atoms with Crippen LogP contribution in [0.3, 0.4) is 0 Å². The molecule has 5 heteroatoms. The smallest absolute Gasteiger partial charge is 0.347 e. The molecule has 1 aliphatic carbocycles. The fraction of sp³-hybridized carbons (Fsp3) is 0.231. The first kappa shape index (κ1) is 11.7. The van der Waals surface area contributed by atoms with Crippen LogP contribution in [0.1, 0.15) is 34.1 Å². The first-order chi connectivity index (χ1) is 8.65. The third-order valence-corrected chi connectivity index (χ3v) is 4.23. The molecular formula is C13H10ClNO2S. The largest absolute Gasteiger partial charge is 0.477 e. The lowest BCUT2D eigenvalue weighted by atomic mass is 10.2. The van der Waals surface area contributed by atoms with E-state index in [1.165, 1.54) is 11.3 Å². The molecule has 0 bridgehead atoms. The number of halogens is 1. The van der Waals surface area contributed by atoms with Gasteiger partial charge in [-0.05, 0) is 25.0 Å². The third-order valence-electron chi connectivity index (χ3n) is 2.88. The lowest BCUT2D eigenvalue weighted by molar-refractivity contribution is 0.0700. The molecule has 2 aromatic rings. The number of benzene rings is 1. The standard InChI is InChI=1S/C13H10ClNO2S/c14-9-3-1-2-8(6-9)12-15-10(7-4-5-7)11(18-12)13(16)17/h1-3,6-7H,4-5H2,(H,16,17). The lowest BCUT2D eigenvalue weighted by Gasteiger charge is -1.95. The summed E-state index contributed by atoms with van der Waals surface area (Å²) >= 11 is 7.17. The monoisotopic (exact) mass is 279 g/mol. The summed E-state index contributed by atoms with van der Waals surface area (Å²) in [5.41, 5.74) is 1.62. The molecule has 18 heavy (non-hydrogen) atoms. The first-order valence-corrected chi connectivity index (χ1v) is 6.84. The molecule has 0 unspecified atom stereocenters. The van der Waals surface area contributed by atoms with Crippen molar-refractivity contribution in [3.05, 3.63) is 39.9 Å². The van der Waals surface area contributed by atoms with Crippen LogP contribution in [-0.2, 0) is 0 Å². The molecular weight excluding hydrogens is 270 g/mol. The van der Waals surface area contributed by atoms with Gasteiger partial charge < -0.3 is 5.11 Å². The van der Waals surface area contributed by atoms with Crippen LogP contribution in [0.25, 0.3) is 10.6 Å². The van der Waals surface area contributed by atoms with Crippen molar-refractivity contribution in [3.8, 4) is 10.6 Å². The van der Waals surface area contributed by atoms with E-state index in [1.807, 2.05) is 18.2 Å². The van der Waals surface area contributed by atoms with Crippen LogP contribution < -0.4 is 0 Å². The van der Waals surface area contributed by atoms with Gasteiger partial charge in [0.2, 0.25) is 0 Å². The maximum absolute atomic E-state index is 11.2. The van der Waals surface area contributed by atoms with Gasteiger partial charge in [-0.25, -0.2) is 9.78 Å². The molecule has 0 aliphatic heterocycles. The minimum absolute atomic E-state index is 0.334. The van der Waals surface area contributed by atoms with Crippen molar-refractivity contribution in [2.75, 3.05) is 0 Å². The molecule has 1 aliphatic rings. The van der Waals surface area contributed by atoms with Crippen molar-refractivity contribution in [2.45, 2.75) is 18.8 Å². The molecule has 1 aromatic carbocycles. The van der Waals surface area contributed by atoms with Gasteiger partial charge in [0.25, 0.3) is 0 Å². The van der Waals surface area contributed by atoms with E-state index in [4.69, 9.17) is 11.6 Å². The maximum atomic E-state index is 11.2. The Balaban J connectivity index is 2.07. The lowest BCUT2D eigenvalue weighted by Crippen LogP contribution is -1.97. The average Bonchev–Trinajstić information content (AvgIpc) is 3.07. The molecule has 92 valence electrons. The van der Waals surface area contributed by atoms with E-state index in [0.717, 1.165) is 29.1 Å². The van der Waals surface area contributed by atoms with Crippen LogP contribution in [0.2, 0.25) is 5.02 Å². The Kier molecular flexibility index (Phi) is 2.84. The molecule has 1 fully saturated rings. The van der Waals surface area contributed by atoms with E-state index in [-0.39, 0.29) is 0 Å². The second-order valence-corrected chi connectivity index (χ2v) is 5.76. The highest BCUT2D eigenvalue weighted by atomic mass is 35.5. The molecule has 3 rings (SSSR count). The highest BCUT2D eigenvalue weighted by Crippen LogP contribution is 2.44. The van der Waals surface area contributed by atoms with Crippen molar-refractivity contribution in [1.29, 1.82) is 0 Å². The van der Waals surface area contributed by atoms with E-state index in [0.29, 0.717) is 15.8 Å². The summed E-state index contributed by atoms with van der Waals surface area (Å²) in [4.78, 5) is 16.1. The molecule has 0 radical (unpaired) electrons. The summed E-state index contributed by atoms with van der Waals surface area (Å²) < 4.78 is 0. The topological polar surface area (TPSA) is 50.2 Å². The van der Waals surface area contributed by atoms with Crippen LogP contribution in [-0.4, -0.2) is 16.1 Å². The average molecular weight is 280 g/mol. The summed E-state index contributed by atoms with van der Waals surface area (Å²) in [6, 6.07) is 7.34. The Morgan fingerprint density at radius 1 is 1.44 bits per heavy atom. The number of hydrogen-bond acceptors (Lipinski definition) is 3. The number of hydrogen-bond donors (Lipinski definition) is 1. The quantitative estimate of drug-likeness (QED) is 0.922. The Morgan fingerprint density at radius 2 is 2.22 bits per heavy atom. The van der Waals surface area contributed by atoms with Crippen molar-refractivity contribution < 1.29 is 9.90 Å². The first-order valence-electron chi connectivity index (χ1n) is 5.65. The summed E-state index contributed by atoms with van der Waals surface area (Å²) in [6.45, 7) is 0. The number of aromatic nitrogens is 1. The predicted molar refractivity (Wildman–Crippen MR) is 71.5 cm³/mol. The van der Waals surface area contributed by atoms with Gasteiger partial charge in [-0.1, -0.05) is 23.7 Å². The van der Waals surface area contributed by atoms with Crippen LogP contribution in [0, 0.1) is 0 Å². The van der Waals surface area contributed by atoms with Crippen LogP contribution >= 0.6 is 22.9 Å². The van der Waals surface area contributed by atoms with Gasteiger partial charge in [-0.2, -0.15) is 0 Å². The van der Waals surface area contributed by atoms with Gasteiger partial charge in [0, 0.05) is 16.5 Å². The van der Waals surface area contributed by atoms with Gasteiger partial charge in [-0.3, -0.25) is 0 Å². The number of carboxylic acid groups (broad SMARTS) is 1. The van der Waals surface area contributed by atoms with Crippen LogP contribution in [0.15, 0.2) is 24.3 Å². The fourth-order valence-corrected chi connectivity index (χ4v) is 3.04. The van der Waals surface area contributed by atoms with Gasteiger partial charge in [0.15, 0.2) is 0 Å². The number of carboxylic acids is 1. The Hall–Kier alpha value is -1.39. The van der Waals surface area contributed by atoms with Crippen molar-refractivity contribution in [1.82, 2.24) is 4.98 Å². The van der Waals surface area contributed by atoms with E-state index < -0.39 is 5.97 Å². The van der Waals surface area contributed by atoms with Crippen LogP contribution in [0.5, 0.6) is 0 Å². The SMILES string of the molecule is O=C(O)c1sc(-c2cccc(Cl)c2)nc1C1CC1. The number of aromatic carboxylic acids is 1. The number of nitrogens with zero attached hydrogens (tertiary/aromatic N) is 1. The van der Waals surface area contributed by atoms with Crippen molar-refractivity contribution >= 4 is 28.9 Å². The predicted octanol–water partition coefficient (Wildman–Crippen LogP) is 4.04. The Morgan fingerprint density at radius 3 is 2.83 bits per heavy atom. The molecule has 3 nitrogen and oxygen atoms in total. The number of thiazole rings is 1. The molecule has 1 saturated carbocycles. The zero-order valence-corrected chi connectivity index (χ0v) is 11.0. The third kappa shape index (κ3) is 2.13. The van der Waals surface area contributed by atoms with Crippen LogP contribution in [0.4, 0.5) is 0 Å². The zero-order valence-electron chi connectivity index (χ0n) is 9.39. The molecule has 0 atom stereocenters. The summed E-state index contributed by atoms with van der Waals surface area (Å²) in [6.07, 6.45) is 2.08. The minimum Gasteiger partial charge on any atom is -0.477 e. The fourth-order valence-electron chi connectivity index (χ4n) is 1.86. The van der Waals surface area contributed by atoms with E-state index >= 15 is 0 Å². The summed E-state index contributed by atoms with van der Waals surface area (Å²) in [5.74, 6) is -0.553. The Labute approximate surface area is 113 Å². The Bertz CT molecular complexity index is 619. The second kappa shape index (κ2) is 4.37. The molecule has 1 aromatic heterocycles. The van der Waals surface area contributed by atoms with Gasteiger partial charge in [0.1, 0.15) is 9.88 Å². The van der Waals surface area contributed by atoms with Crippen molar-refractivity contribution in [2.24, 2.45) is 0 Å². The van der Waals surface area contributed by atoms with Crippen molar-refractivity contribution in [3.63, 3.8) is 0 Å². The molecule has 0 saturated heterocycles. The van der Waals surface area contributed by atoms with Gasteiger partial charge in [-0.15, -0.1) is 11.3 Å². The molecule has 1 heterocycles. The molecule has 1 N–H and O–H groups in total. The van der Waals surface area contributed by atoms with E-state index in [1.54, 1.807) is 6.07 Å². The highest BCUT2D eigenvalue weighted by Gasteiger charge is 2.32. The van der Waals surface area contributed by atoms with Gasteiger partial charge >= 0.3 is 5.97 Å². The highest BCUT2D eigenvalue weighted by molar-refractivity contribution is 7.17. The molecule has 0 spiro atoms. The van der Waals surface area contributed by atoms with E-state index in [9.17, 15) is 9.90 Å². The zero-order chi connectivity index (χ0) is 12.7. The minimum atomic E-state index is -0.886. The summed E-state index contributed by atoms with van der Waals surface area (Å²) in [5, 5.41) is 10.6.